The van der Waals surface area contributed by atoms with Gasteiger partial charge in [0.1, 0.15) is 11.5 Å². The van der Waals surface area contributed by atoms with E-state index in [4.69, 9.17) is 0 Å². The number of hydrogen-bond acceptors (Lipinski definition) is 4. The van der Waals surface area contributed by atoms with Crippen LogP contribution >= 0.6 is 0 Å². The number of carbonyl (C=O) groups excluding carboxylic acids is 1. The quantitative estimate of drug-likeness (QED) is 0.807. The second-order valence-electron chi connectivity index (χ2n) is 6.41. The molecule has 5 heteroatoms. The van der Waals surface area contributed by atoms with E-state index >= 15 is 0 Å². The molecular formula is C19H22N2O3. The van der Waals surface area contributed by atoms with Crippen molar-refractivity contribution in [2.45, 2.75) is 32.0 Å². The van der Waals surface area contributed by atoms with Crippen LogP contribution in [0.4, 0.5) is 0 Å². The third-order valence-corrected chi connectivity index (χ3v) is 4.43. The van der Waals surface area contributed by atoms with Crippen molar-refractivity contribution in [3.8, 4) is 11.5 Å². The minimum absolute atomic E-state index is 0.0562. The Hall–Kier alpha value is -2.53. The number of nitrogens with one attached hydrogen (secondary N) is 1. The Kier molecular flexibility index (Phi) is 4.71. The van der Waals surface area contributed by atoms with E-state index in [-0.39, 0.29) is 29.0 Å². The molecule has 2 aromatic rings. The zero-order valence-electron chi connectivity index (χ0n) is 13.6. The third-order valence-electron chi connectivity index (χ3n) is 4.43. The normalized spacial score (nSPS) is 20.9. The summed E-state index contributed by atoms with van der Waals surface area (Å²) in [6.45, 7) is 3.81. The first-order valence-electron chi connectivity index (χ1n) is 8.13. The first-order chi connectivity index (χ1) is 11.5. The fourth-order valence-corrected chi connectivity index (χ4v) is 3.24. The Morgan fingerprint density at radius 3 is 2.50 bits per heavy atom. The molecule has 0 radical (unpaired) electrons. The SMILES string of the molecule is C[C@H]1C[C@@H](NC(=O)c2cc(O)cc(O)c2)CN1Cc1ccccc1. The number of nitrogens with zero attached hydrogens (tertiary/aromatic N) is 1. The lowest BCUT2D eigenvalue weighted by atomic mass is 10.1. The molecule has 0 aromatic heterocycles. The fourth-order valence-electron chi connectivity index (χ4n) is 3.24. The van der Waals surface area contributed by atoms with Crippen LogP contribution in [0, 0.1) is 0 Å². The molecule has 1 aliphatic heterocycles. The molecular weight excluding hydrogens is 304 g/mol. The van der Waals surface area contributed by atoms with E-state index in [1.807, 2.05) is 18.2 Å². The van der Waals surface area contributed by atoms with Gasteiger partial charge < -0.3 is 15.5 Å². The van der Waals surface area contributed by atoms with Crippen molar-refractivity contribution < 1.29 is 15.0 Å². The minimum Gasteiger partial charge on any atom is -0.508 e. The van der Waals surface area contributed by atoms with Gasteiger partial charge in [-0.25, -0.2) is 0 Å². The largest absolute Gasteiger partial charge is 0.508 e. The molecule has 1 heterocycles. The van der Waals surface area contributed by atoms with Crippen molar-refractivity contribution in [2.24, 2.45) is 0 Å². The Morgan fingerprint density at radius 2 is 1.83 bits per heavy atom. The van der Waals surface area contributed by atoms with E-state index in [1.165, 1.54) is 23.8 Å². The maximum atomic E-state index is 12.3. The van der Waals surface area contributed by atoms with Crippen LogP contribution in [0.1, 0.15) is 29.3 Å². The van der Waals surface area contributed by atoms with Gasteiger partial charge >= 0.3 is 0 Å². The van der Waals surface area contributed by atoms with Gasteiger partial charge in [0.2, 0.25) is 0 Å². The topological polar surface area (TPSA) is 72.8 Å². The average Bonchev–Trinajstić information content (AvgIpc) is 2.87. The van der Waals surface area contributed by atoms with Gasteiger partial charge in [0.25, 0.3) is 5.91 Å². The van der Waals surface area contributed by atoms with Gasteiger partial charge in [-0.05, 0) is 31.0 Å². The summed E-state index contributed by atoms with van der Waals surface area (Å²) in [5.41, 5.74) is 1.52. The lowest BCUT2D eigenvalue weighted by Gasteiger charge is -2.20. The second kappa shape index (κ2) is 6.93. The van der Waals surface area contributed by atoms with Crippen LogP contribution in [0.2, 0.25) is 0 Å². The summed E-state index contributed by atoms with van der Waals surface area (Å²) in [6.07, 6.45) is 0.878. The number of phenols is 2. The lowest BCUT2D eigenvalue weighted by molar-refractivity contribution is 0.0937. The number of rotatable bonds is 4. The average molecular weight is 326 g/mol. The molecule has 1 amide bonds. The number of amides is 1. The molecule has 1 aliphatic rings. The highest BCUT2D eigenvalue weighted by atomic mass is 16.3. The number of likely N-dealkylation sites (tertiary alicyclic amines) is 1. The van der Waals surface area contributed by atoms with E-state index < -0.39 is 0 Å². The van der Waals surface area contributed by atoms with E-state index in [0.717, 1.165) is 19.5 Å². The Labute approximate surface area is 141 Å². The Bertz CT molecular complexity index is 698. The number of benzene rings is 2. The minimum atomic E-state index is -0.278. The molecule has 5 nitrogen and oxygen atoms in total. The molecule has 1 saturated heterocycles. The summed E-state index contributed by atoms with van der Waals surface area (Å²) in [5, 5.41) is 22.0. The van der Waals surface area contributed by atoms with Crippen molar-refractivity contribution in [1.29, 1.82) is 0 Å². The number of carbonyl (C=O) groups is 1. The zero-order valence-corrected chi connectivity index (χ0v) is 13.6. The Morgan fingerprint density at radius 1 is 1.17 bits per heavy atom. The summed E-state index contributed by atoms with van der Waals surface area (Å²) in [7, 11) is 0. The van der Waals surface area contributed by atoms with Crippen molar-refractivity contribution in [3.63, 3.8) is 0 Å². The first-order valence-corrected chi connectivity index (χ1v) is 8.13. The highest BCUT2D eigenvalue weighted by Gasteiger charge is 2.30. The predicted octanol–water partition coefficient (Wildman–Crippen LogP) is 2.49. The van der Waals surface area contributed by atoms with Crippen molar-refractivity contribution in [1.82, 2.24) is 10.2 Å². The van der Waals surface area contributed by atoms with E-state index in [2.05, 4.69) is 29.3 Å². The van der Waals surface area contributed by atoms with Crippen molar-refractivity contribution in [3.05, 3.63) is 59.7 Å². The Balaban J connectivity index is 1.61. The summed E-state index contributed by atoms with van der Waals surface area (Å²) in [4.78, 5) is 14.7. The lowest BCUT2D eigenvalue weighted by Crippen LogP contribution is -2.37. The molecule has 3 rings (SSSR count). The van der Waals surface area contributed by atoms with Crippen LogP contribution in [0.15, 0.2) is 48.5 Å². The summed E-state index contributed by atoms with van der Waals surface area (Å²) < 4.78 is 0. The van der Waals surface area contributed by atoms with Crippen LogP contribution in [-0.4, -0.2) is 39.6 Å². The van der Waals surface area contributed by atoms with Crippen LogP contribution in [-0.2, 0) is 6.54 Å². The molecule has 0 saturated carbocycles. The number of hydrogen-bond donors (Lipinski definition) is 3. The number of aromatic hydroxyl groups is 2. The molecule has 3 N–H and O–H groups in total. The second-order valence-corrected chi connectivity index (χ2v) is 6.41. The predicted molar refractivity (Wildman–Crippen MR) is 92.0 cm³/mol. The third kappa shape index (κ3) is 3.86. The summed E-state index contributed by atoms with van der Waals surface area (Å²) in [5.74, 6) is -0.517. The number of phenolic OH excluding ortho intramolecular Hbond substituents is 2. The summed E-state index contributed by atoms with van der Waals surface area (Å²) >= 11 is 0. The standard InChI is InChI=1S/C19H22N2O3/c1-13-7-16(12-21(13)11-14-5-3-2-4-6-14)20-19(24)15-8-17(22)10-18(23)9-15/h2-6,8-10,13,16,22-23H,7,11-12H2,1H3,(H,20,24)/t13-,16+/m0/s1. The summed E-state index contributed by atoms with van der Waals surface area (Å²) in [6, 6.07) is 14.6. The van der Waals surface area contributed by atoms with E-state index in [1.54, 1.807) is 0 Å². The van der Waals surface area contributed by atoms with Gasteiger partial charge in [-0.15, -0.1) is 0 Å². The van der Waals surface area contributed by atoms with Gasteiger partial charge in [-0.3, -0.25) is 9.69 Å². The molecule has 2 atom stereocenters. The molecule has 0 bridgehead atoms. The maximum absolute atomic E-state index is 12.3. The fraction of sp³-hybridized carbons (Fsp3) is 0.316. The zero-order chi connectivity index (χ0) is 17.1. The maximum Gasteiger partial charge on any atom is 0.251 e. The van der Waals surface area contributed by atoms with Crippen LogP contribution in [0.3, 0.4) is 0 Å². The van der Waals surface area contributed by atoms with Crippen molar-refractivity contribution >= 4 is 5.91 Å². The molecule has 24 heavy (non-hydrogen) atoms. The highest BCUT2D eigenvalue weighted by molar-refractivity contribution is 5.95. The smallest absolute Gasteiger partial charge is 0.251 e. The molecule has 126 valence electrons. The molecule has 2 aromatic carbocycles. The highest BCUT2D eigenvalue weighted by Crippen LogP contribution is 2.23. The molecule has 0 aliphatic carbocycles. The van der Waals surface area contributed by atoms with Gasteiger partial charge in [-0.1, -0.05) is 30.3 Å². The monoisotopic (exact) mass is 326 g/mol. The van der Waals surface area contributed by atoms with Crippen LogP contribution in [0.25, 0.3) is 0 Å². The van der Waals surface area contributed by atoms with Gasteiger partial charge in [0.15, 0.2) is 0 Å². The van der Waals surface area contributed by atoms with E-state index in [0.29, 0.717) is 6.04 Å². The van der Waals surface area contributed by atoms with Crippen LogP contribution < -0.4 is 5.32 Å². The van der Waals surface area contributed by atoms with Gasteiger partial charge in [0.05, 0.1) is 0 Å². The van der Waals surface area contributed by atoms with Gasteiger partial charge in [0, 0.05) is 36.8 Å². The van der Waals surface area contributed by atoms with Crippen molar-refractivity contribution in [2.75, 3.05) is 6.54 Å². The molecule has 0 unspecified atom stereocenters. The molecule has 1 fully saturated rings. The molecule has 0 spiro atoms. The van der Waals surface area contributed by atoms with E-state index in [9.17, 15) is 15.0 Å². The van der Waals surface area contributed by atoms with Crippen LogP contribution in [0.5, 0.6) is 11.5 Å². The van der Waals surface area contributed by atoms with Gasteiger partial charge in [-0.2, -0.15) is 0 Å². The first kappa shape index (κ1) is 16.3.